The molecule has 2 heteroatoms. The van der Waals surface area contributed by atoms with Crippen molar-refractivity contribution >= 4 is 0 Å². The highest BCUT2D eigenvalue weighted by Crippen LogP contribution is 2.27. The average molecular weight is 243 g/mol. The second-order valence-corrected chi connectivity index (χ2v) is 4.48. The van der Waals surface area contributed by atoms with Crippen LogP contribution in [0.25, 0.3) is 0 Å². The van der Waals surface area contributed by atoms with Crippen LogP contribution < -0.4 is 5.32 Å². The van der Waals surface area contributed by atoms with Gasteiger partial charge in [0, 0.05) is 0 Å². The van der Waals surface area contributed by atoms with Crippen molar-refractivity contribution in [1.82, 2.24) is 5.32 Å². The molecule has 1 heterocycles. The second-order valence-electron chi connectivity index (χ2n) is 4.48. The van der Waals surface area contributed by atoms with Crippen LogP contribution in [0.2, 0.25) is 0 Å². The van der Waals surface area contributed by atoms with Gasteiger partial charge in [-0.1, -0.05) is 32.0 Å². The lowest BCUT2D eigenvalue weighted by atomic mass is 9.94. The van der Waals surface area contributed by atoms with Crippen LogP contribution in [-0.4, -0.2) is 7.05 Å². The standard InChI is InChI=1S/C16H21NO/c1-4-12-8-9-13(5-2)14(11-12)16(17-3)15-7-6-10-18-15/h6-11,16-17H,4-5H2,1-3H3. The molecule has 0 aliphatic carbocycles. The minimum absolute atomic E-state index is 0.140. The van der Waals surface area contributed by atoms with E-state index in [0.29, 0.717) is 0 Å². The molecular formula is C16H21NO. The molecule has 0 bridgehead atoms. The molecule has 2 aromatic rings. The van der Waals surface area contributed by atoms with Gasteiger partial charge >= 0.3 is 0 Å². The maximum absolute atomic E-state index is 5.55. The molecule has 0 fully saturated rings. The van der Waals surface area contributed by atoms with Crippen molar-refractivity contribution in [1.29, 1.82) is 0 Å². The molecule has 0 amide bonds. The third-order valence-electron chi connectivity index (χ3n) is 3.43. The van der Waals surface area contributed by atoms with Crippen molar-refractivity contribution in [3.8, 4) is 0 Å². The van der Waals surface area contributed by atoms with Gasteiger partial charge in [-0.25, -0.2) is 0 Å². The smallest absolute Gasteiger partial charge is 0.125 e. The molecular weight excluding hydrogens is 222 g/mol. The summed E-state index contributed by atoms with van der Waals surface area (Å²) in [5, 5.41) is 3.35. The Bertz CT molecular complexity index is 488. The zero-order chi connectivity index (χ0) is 13.0. The number of furan rings is 1. The van der Waals surface area contributed by atoms with E-state index in [-0.39, 0.29) is 6.04 Å². The fourth-order valence-electron chi connectivity index (χ4n) is 2.36. The lowest BCUT2D eigenvalue weighted by Gasteiger charge is -2.18. The SMILES string of the molecule is CCc1ccc(CC)c(C(NC)c2ccco2)c1. The van der Waals surface area contributed by atoms with E-state index in [1.165, 1.54) is 16.7 Å². The third-order valence-corrected chi connectivity index (χ3v) is 3.43. The van der Waals surface area contributed by atoms with E-state index >= 15 is 0 Å². The summed E-state index contributed by atoms with van der Waals surface area (Å²) in [6.45, 7) is 4.38. The van der Waals surface area contributed by atoms with Crippen LogP contribution in [0.5, 0.6) is 0 Å². The van der Waals surface area contributed by atoms with Crippen molar-refractivity contribution in [2.45, 2.75) is 32.7 Å². The van der Waals surface area contributed by atoms with Crippen LogP contribution in [0.4, 0.5) is 0 Å². The monoisotopic (exact) mass is 243 g/mol. The number of nitrogens with one attached hydrogen (secondary N) is 1. The summed E-state index contributed by atoms with van der Waals surface area (Å²) in [7, 11) is 1.98. The zero-order valence-corrected chi connectivity index (χ0v) is 11.4. The van der Waals surface area contributed by atoms with Gasteiger partial charge in [0.1, 0.15) is 5.76 Å². The lowest BCUT2D eigenvalue weighted by molar-refractivity contribution is 0.462. The molecule has 0 aliphatic rings. The molecule has 96 valence electrons. The zero-order valence-electron chi connectivity index (χ0n) is 11.4. The fraction of sp³-hybridized carbons (Fsp3) is 0.375. The third kappa shape index (κ3) is 2.49. The van der Waals surface area contributed by atoms with E-state index < -0.39 is 0 Å². The van der Waals surface area contributed by atoms with E-state index in [2.05, 4.69) is 37.4 Å². The van der Waals surface area contributed by atoms with Gasteiger partial charge in [-0.15, -0.1) is 0 Å². The molecule has 18 heavy (non-hydrogen) atoms. The Hall–Kier alpha value is -1.54. The van der Waals surface area contributed by atoms with E-state index in [0.717, 1.165) is 18.6 Å². The van der Waals surface area contributed by atoms with Gasteiger partial charge < -0.3 is 9.73 Å². The van der Waals surface area contributed by atoms with Gasteiger partial charge in [-0.3, -0.25) is 0 Å². The molecule has 0 spiro atoms. The van der Waals surface area contributed by atoms with E-state index in [4.69, 9.17) is 4.42 Å². The van der Waals surface area contributed by atoms with Gasteiger partial charge in [0.25, 0.3) is 0 Å². The van der Waals surface area contributed by atoms with E-state index in [1.54, 1.807) is 6.26 Å². The fourth-order valence-corrected chi connectivity index (χ4v) is 2.36. The van der Waals surface area contributed by atoms with Crippen molar-refractivity contribution < 1.29 is 4.42 Å². The van der Waals surface area contributed by atoms with Gasteiger partial charge in [-0.2, -0.15) is 0 Å². The van der Waals surface area contributed by atoms with Crippen LogP contribution in [0, 0.1) is 0 Å². The Balaban J connectivity index is 2.46. The first-order valence-corrected chi connectivity index (χ1v) is 6.62. The van der Waals surface area contributed by atoms with E-state index in [9.17, 15) is 0 Å². The maximum Gasteiger partial charge on any atom is 0.125 e. The van der Waals surface area contributed by atoms with Gasteiger partial charge in [0.05, 0.1) is 12.3 Å². The highest BCUT2D eigenvalue weighted by molar-refractivity contribution is 5.38. The highest BCUT2D eigenvalue weighted by atomic mass is 16.3. The summed E-state index contributed by atoms with van der Waals surface area (Å²) in [5.74, 6) is 0.973. The minimum atomic E-state index is 0.140. The highest BCUT2D eigenvalue weighted by Gasteiger charge is 2.17. The summed E-state index contributed by atoms with van der Waals surface area (Å²) in [6, 6.07) is 10.9. The predicted molar refractivity (Wildman–Crippen MR) is 74.8 cm³/mol. The number of hydrogen-bond acceptors (Lipinski definition) is 2. The summed E-state index contributed by atoms with van der Waals surface area (Å²) in [5.41, 5.74) is 4.08. The molecule has 0 saturated heterocycles. The van der Waals surface area contributed by atoms with Gasteiger partial charge in [-0.05, 0) is 48.7 Å². The van der Waals surface area contributed by atoms with Crippen molar-refractivity contribution in [3.05, 3.63) is 59.0 Å². The van der Waals surface area contributed by atoms with Crippen molar-refractivity contribution in [2.75, 3.05) is 7.05 Å². The predicted octanol–water partition coefficient (Wildman–Crippen LogP) is 3.71. The lowest BCUT2D eigenvalue weighted by Crippen LogP contribution is -2.18. The molecule has 1 atom stereocenters. The number of rotatable bonds is 5. The molecule has 2 nitrogen and oxygen atoms in total. The van der Waals surface area contributed by atoms with Crippen LogP contribution in [-0.2, 0) is 12.8 Å². The Labute approximate surface area is 109 Å². The average Bonchev–Trinajstić information content (AvgIpc) is 2.93. The van der Waals surface area contributed by atoms with Crippen LogP contribution in [0.15, 0.2) is 41.0 Å². The quantitative estimate of drug-likeness (QED) is 0.866. The number of hydrogen-bond donors (Lipinski definition) is 1. The largest absolute Gasteiger partial charge is 0.467 e. The Morgan fingerprint density at radius 2 is 2.00 bits per heavy atom. The molecule has 0 saturated carbocycles. The van der Waals surface area contributed by atoms with E-state index in [1.807, 2.05) is 19.2 Å². The van der Waals surface area contributed by atoms with Crippen LogP contribution in [0.3, 0.4) is 0 Å². The summed E-state index contributed by atoms with van der Waals surface area (Å²) in [4.78, 5) is 0. The second kappa shape index (κ2) is 5.87. The molecule has 2 rings (SSSR count). The minimum Gasteiger partial charge on any atom is -0.467 e. The van der Waals surface area contributed by atoms with Gasteiger partial charge in [0.15, 0.2) is 0 Å². The topological polar surface area (TPSA) is 25.2 Å². The molecule has 1 N–H and O–H groups in total. The van der Waals surface area contributed by atoms with Gasteiger partial charge in [0.2, 0.25) is 0 Å². The summed E-state index contributed by atoms with van der Waals surface area (Å²) >= 11 is 0. The summed E-state index contributed by atoms with van der Waals surface area (Å²) < 4.78 is 5.55. The molecule has 1 aromatic carbocycles. The van der Waals surface area contributed by atoms with Crippen LogP contribution in [0.1, 0.15) is 42.3 Å². The Kier molecular flexibility index (Phi) is 4.21. The number of aryl methyl sites for hydroxylation is 2. The normalized spacial score (nSPS) is 12.6. The summed E-state index contributed by atoms with van der Waals surface area (Å²) in [6.07, 6.45) is 3.83. The molecule has 1 aromatic heterocycles. The Morgan fingerprint density at radius 3 is 2.56 bits per heavy atom. The first kappa shape index (κ1) is 12.9. The maximum atomic E-state index is 5.55. The first-order valence-electron chi connectivity index (χ1n) is 6.62. The number of benzene rings is 1. The van der Waals surface area contributed by atoms with Crippen molar-refractivity contribution in [3.63, 3.8) is 0 Å². The first-order chi connectivity index (χ1) is 8.80. The molecule has 1 unspecified atom stereocenters. The molecule has 0 aliphatic heterocycles. The van der Waals surface area contributed by atoms with Crippen LogP contribution >= 0.6 is 0 Å². The van der Waals surface area contributed by atoms with Crippen molar-refractivity contribution in [2.24, 2.45) is 0 Å². The molecule has 0 radical (unpaired) electrons. The Morgan fingerprint density at radius 1 is 1.17 bits per heavy atom.